The second kappa shape index (κ2) is 6.09. The van der Waals surface area contributed by atoms with Crippen LogP contribution in [0.3, 0.4) is 0 Å². The fourth-order valence-electron chi connectivity index (χ4n) is 4.06. The van der Waals surface area contributed by atoms with Gasteiger partial charge in [-0.3, -0.25) is 0 Å². The number of nitrogens with zero attached hydrogens (tertiary/aromatic N) is 2. The van der Waals surface area contributed by atoms with Gasteiger partial charge in [-0.25, -0.2) is 4.52 Å². The molecule has 138 valence electrons. The van der Waals surface area contributed by atoms with Crippen molar-refractivity contribution in [3.05, 3.63) is 23.9 Å². The van der Waals surface area contributed by atoms with Crippen LogP contribution < -0.4 is 11.1 Å². The third kappa shape index (κ3) is 3.33. The van der Waals surface area contributed by atoms with Crippen LogP contribution in [-0.4, -0.2) is 26.2 Å². The summed E-state index contributed by atoms with van der Waals surface area (Å²) in [5.41, 5.74) is 2.65. The van der Waals surface area contributed by atoms with Gasteiger partial charge in [0.05, 0.1) is 16.1 Å². The number of thioether (sulfide) groups is 1. The molecule has 2 bridgehead atoms. The Morgan fingerprint density at radius 2 is 1.92 bits per heavy atom. The van der Waals surface area contributed by atoms with Gasteiger partial charge in [0.25, 0.3) is 0 Å². The van der Waals surface area contributed by atoms with E-state index in [1.54, 1.807) is 23.6 Å². The van der Waals surface area contributed by atoms with Crippen molar-refractivity contribution in [1.29, 1.82) is 0 Å². The first-order valence-electron chi connectivity index (χ1n) is 8.50. The molecule has 0 aromatic carbocycles. The third-order valence-corrected chi connectivity index (χ3v) is 5.81. The molecular formula is C17H23F3N4S. The monoisotopic (exact) mass is 372 g/mol. The Labute approximate surface area is 149 Å². The van der Waals surface area contributed by atoms with Crippen LogP contribution in [0.15, 0.2) is 23.1 Å². The molecule has 3 fully saturated rings. The molecule has 5 rings (SSSR count). The van der Waals surface area contributed by atoms with E-state index < -0.39 is 5.51 Å². The average Bonchev–Trinajstić information content (AvgIpc) is 3.11. The van der Waals surface area contributed by atoms with E-state index in [0.717, 1.165) is 31.5 Å². The summed E-state index contributed by atoms with van der Waals surface area (Å²) in [6.45, 7) is 5.60. The van der Waals surface area contributed by atoms with Crippen molar-refractivity contribution in [2.45, 2.75) is 67.9 Å². The van der Waals surface area contributed by atoms with Crippen LogP contribution in [0, 0.1) is 6.92 Å². The van der Waals surface area contributed by atoms with E-state index in [1.807, 2.05) is 19.9 Å². The van der Waals surface area contributed by atoms with Crippen LogP contribution >= 0.6 is 11.8 Å². The number of alkyl halides is 3. The number of pyridine rings is 1. The summed E-state index contributed by atoms with van der Waals surface area (Å²) in [6, 6.07) is 5.28. The fraction of sp³-hybridized carbons (Fsp3) is 0.588. The Kier molecular flexibility index (Phi) is 4.48. The molecule has 0 spiro atoms. The molecule has 3 aliphatic rings. The van der Waals surface area contributed by atoms with E-state index in [9.17, 15) is 13.2 Å². The topological polar surface area (TPSA) is 55.3 Å². The van der Waals surface area contributed by atoms with Gasteiger partial charge in [-0.2, -0.15) is 18.3 Å². The maximum Gasteiger partial charge on any atom is 0.446 e. The van der Waals surface area contributed by atoms with Gasteiger partial charge in [0.2, 0.25) is 0 Å². The summed E-state index contributed by atoms with van der Waals surface area (Å²) in [4.78, 5) is 0.159. The Hall–Kier alpha value is -1.41. The molecule has 3 saturated carbocycles. The Bertz CT molecular complexity index is 778. The first-order valence-corrected chi connectivity index (χ1v) is 9.32. The van der Waals surface area contributed by atoms with Gasteiger partial charge in [-0.05, 0) is 56.5 Å². The predicted molar refractivity (Wildman–Crippen MR) is 94.9 cm³/mol. The van der Waals surface area contributed by atoms with Crippen molar-refractivity contribution in [1.82, 2.24) is 9.61 Å². The molecule has 0 radical (unpaired) electrons. The van der Waals surface area contributed by atoms with Crippen LogP contribution in [0.5, 0.6) is 0 Å². The van der Waals surface area contributed by atoms with Gasteiger partial charge >= 0.3 is 5.51 Å². The molecule has 0 amide bonds. The number of anilines is 1. The number of nitrogens with two attached hydrogens (primary N) is 1. The van der Waals surface area contributed by atoms with Gasteiger partial charge in [0.1, 0.15) is 5.82 Å². The van der Waals surface area contributed by atoms with E-state index in [1.165, 1.54) is 0 Å². The normalized spacial score (nSPS) is 27.6. The molecule has 2 aromatic rings. The highest BCUT2D eigenvalue weighted by Crippen LogP contribution is 2.55. The minimum atomic E-state index is -4.32. The van der Waals surface area contributed by atoms with Crippen LogP contribution in [0.4, 0.5) is 19.0 Å². The average molecular weight is 372 g/mol. The van der Waals surface area contributed by atoms with E-state index in [-0.39, 0.29) is 27.7 Å². The smallest absolute Gasteiger partial charge is 0.364 e. The van der Waals surface area contributed by atoms with Gasteiger partial charge in [-0.1, -0.05) is 19.9 Å². The van der Waals surface area contributed by atoms with Gasteiger partial charge < -0.3 is 11.1 Å². The van der Waals surface area contributed by atoms with Gasteiger partial charge in [0, 0.05) is 11.1 Å². The van der Waals surface area contributed by atoms with Gasteiger partial charge in [0.15, 0.2) is 0 Å². The van der Waals surface area contributed by atoms with Crippen molar-refractivity contribution in [3.8, 4) is 0 Å². The molecular weight excluding hydrogens is 349 g/mol. The Morgan fingerprint density at radius 3 is 2.48 bits per heavy atom. The summed E-state index contributed by atoms with van der Waals surface area (Å²) in [5.74, 6) is 0.726. The minimum absolute atomic E-state index is 0.0276. The summed E-state index contributed by atoms with van der Waals surface area (Å²) in [7, 11) is 0. The summed E-state index contributed by atoms with van der Waals surface area (Å²) < 4.78 is 39.9. The number of aromatic nitrogens is 2. The summed E-state index contributed by atoms with van der Waals surface area (Å²) in [5, 5.41) is 7.79. The van der Waals surface area contributed by atoms with Gasteiger partial charge in [-0.15, -0.1) is 0 Å². The molecule has 2 aromatic heterocycles. The molecule has 8 heteroatoms. The highest BCUT2D eigenvalue weighted by Gasteiger charge is 2.58. The standard InChI is InChI=1S/C15H17F3N4S.C2H6/c1-9-12(23-15(16,17)18)10-3-2-4-11(22(10)21-9)20-14-6-5-13(19,7-14)8-14;1-2/h2-4,20H,5-8,19H2,1H3;1-2H3. The Balaban J connectivity index is 0.000000880. The number of halogens is 3. The lowest BCUT2D eigenvalue weighted by molar-refractivity contribution is -0.0328. The second-order valence-electron chi connectivity index (χ2n) is 6.79. The quantitative estimate of drug-likeness (QED) is 0.766. The Morgan fingerprint density at radius 1 is 1.24 bits per heavy atom. The molecule has 0 unspecified atom stereocenters. The number of nitrogens with one attached hydrogen (secondary N) is 1. The summed E-state index contributed by atoms with van der Waals surface area (Å²) in [6.07, 6.45) is 3.79. The van der Waals surface area contributed by atoms with Crippen molar-refractivity contribution in [2.75, 3.05) is 5.32 Å². The molecule has 0 atom stereocenters. The number of hydrogen-bond acceptors (Lipinski definition) is 4. The maximum absolute atomic E-state index is 12.8. The van der Waals surface area contributed by atoms with Crippen molar-refractivity contribution >= 4 is 23.1 Å². The zero-order valence-electron chi connectivity index (χ0n) is 14.6. The lowest BCUT2D eigenvalue weighted by Crippen LogP contribution is -2.57. The largest absolute Gasteiger partial charge is 0.446 e. The van der Waals surface area contributed by atoms with Crippen LogP contribution in [0.2, 0.25) is 0 Å². The van der Waals surface area contributed by atoms with E-state index in [0.29, 0.717) is 11.2 Å². The van der Waals surface area contributed by atoms with Crippen LogP contribution in [0.1, 0.15) is 45.2 Å². The fourth-order valence-corrected chi connectivity index (χ4v) is 4.74. The molecule has 3 N–H and O–H groups in total. The van der Waals surface area contributed by atoms with Crippen molar-refractivity contribution < 1.29 is 13.2 Å². The zero-order chi connectivity index (χ0) is 18.5. The SMILES string of the molecule is CC.Cc1nn2c(NC34CCC(N)(C3)C4)cccc2c1SC(F)(F)F. The van der Waals surface area contributed by atoms with E-state index >= 15 is 0 Å². The highest BCUT2D eigenvalue weighted by atomic mass is 32.2. The summed E-state index contributed by atoms with van der Waals surface area (Å²) >= 11 is -0.108. The number of hydrogen-bond donors (Lipinski definition) is 2. The molecule has 2 heterocycles. The second-order valence-corrected chi connectivity index (χ2v) is 7.87. The van der Waals surface area contributed by atoms with Crippen molar-refractivity contribution in [3.63, 3.8) is 0 Å². The van der Waals surface area contributed by atoms with Crippen molar-refractivity contribution in [2.24, 2.45) is 5.73 Å². The molecule has 4 nitrogen and oxygen atoms in total. The molecule has 25 heavy (non-hydrogen) atoms. The molecule has 0 saturated heterocycles. The zero-order valence-corrected chi connectivity index (χ0v) is 15.4. The predicted octanol–water partition coefficient (Wildman–Crippen LogP) is 4.72. The van der Waals surface area contributed by atoms with Crippen LogP contribution in [0.25, 0.3) is 5.52 Å². The molecule has 3 aliphatic carbocycles. The highest BCUT2D eigenvalue weighted by molar-refractivity contribution is 8.00. The minimum Gasteiger partial charge on any atom is -0.364 e. The first kappa shape index (κ1) is 18.4. The number of rotatable bonds is 3. The third-order valence-electron chi connectivity index (χ3n) is 4.87. The lowest BCUT2D eigenvalue weighted by atomic mass is 9.72. The first-order chi connectivity index (χ1) is 11.7. The lowest BCUT2D eigenvalue weighted by Gasteiger charge is -2.46. The number of fused-ring (bicyclic) bond motifs is 2. The maximum atomic E-state index is 12.8. The van der Waals surface area contributed by atoms with Crippen LogP contribution in [-0.2, 0) is 0 Å². The molecule has 0 aliphatic heterocycles. The van der Waals surface area contributed by atoms with E-state index in [2.05, 4.69) is 10.4 Å². The van der Waals surface area contributed by atoms with E-state index in [4.69, 9.17) is 5.73 Å². The number of aryl methyl sites for hydroxylation is 1.